The summed E-state index contributed by atoms with van der Waals surface area (Å²) in [5.41, 5.74) is 0.458. The summed E-state index contributed by atoms with van der Waals surface area (Å²) < 4.78 is 17.0. The first kappa shape index (κ1) is 28.7. The monoisotopic (exact) mass is 461 g/mol. The number of rotatable bonds is 13. The molecule has 33 heavy (non-hydrogen) atoms. The van der Waals surface area contributed by atoms with E-state index in [2.05, 4.69) is 24.4 Å². The highest BCUT2D eigenvalue weighted by Crippen LogP contribution is 2.21. The molecule has 0 spiro atoms. The van der Waals surface area contributed by atoms with Crippen molar-refractivity contribution < 1.29 is 23.8 Å². The molecule has 0 heterocycles. The van der Waals surface area contributed by atoms with E-state index in [9.17, 15) is 9.59 Å². The third kappa shape index (κ3) is 12.5. The second kappa shape index (κ2) is 14.7. The fourth-order valence-corrected chi connectivity index (χ4v) is 3.30. The minimum Gasteiger partial charge on any atom is -0.460 e. The fourth-order valence-electron chi connectivity index (χ4n) is 3.30. The maximum atomic E-state index is 12.8. The van der Waals surface area contributed by atoms with Gasteiger partial charge in [-0.15, -0.1) is 0 Å². The number of ether oxygens (including phenoxy) is 3. The average molecular weight is 462 g/mol. The molecule has 6 nitrogen and oxygen atoms in total. The van der Waals surface area contributed by atoms with Crippen LogP contribution in [-0.2, 0) is 25.6 Å². The van der Waals surface area contributed by atoms with Crippen LogP contribution in [0.1, 0.15) is 73.3 Å². The molecule has 0 bridgehead atoms. The number of carbonyl (C=O) groups excluding carboxylic acids is 2. The van der Waals surface area contributed by atoms with Gasteiger partial charge in [0.05, 0.1) is 13.2 Å². The molecular formula is C27H43NO5. The van der Waals surface area contributed by atoms with E-state index in [0.29, 0.717) is 13.2 Å². The molecule has 0 unspecified atom stereocenters. The van der Waals surface area contributed by atoms with Crippen LogP contribution in [0.15, 0.2) is 42.5 Å². The summed E-state index contributed by atoms with van der Waals surface area (Å²) in [4.78, 5) is 24.8. The van der Waals surface area contributed by atoms with Crippen molar-refractivity contribution in [2.24, 2.45) is 11.8 Å². The first-order chi connectivity index (χ1) is 15.5. The molecule has 1 aromatic carbocycles. The molecule has 186 valence electrons. The lowest BCUT2D eigenvalue weighted by molar-refractivity contribution is -0.157. The van der Waals surface area contributed by atoms with E-state index >= 15 is 0 Å². The van der Waals surface area contributed by atoms with Gasteiger partial charge >= 0.3 is 12.1 Å². The van der Waals surface area contributed by atoms with Crippen LogP contribution in [0.25, 0.3) is 0 Å². The zero-order chi connectivity index (χ0) is 24.9. The summed E-state index contributed by atoms with van der Waals surface area (Å²) >= 11 is 0. The van der Waals surface area contributed by atoms with Crippen molar-refractivity contribution in [1.82, 2.24) is 5.32 Å². The van der Waals surface area contributed by atoms with Crippen LogP contribution in [-0.4, -0.2) is 36.4 Å². The van der Waals surface area contributed by atoms with E-state index in [0.717, 1.165) is 24.8 Å². The van der Waals surface area contributed by atoms with Crippen molar-refractivity contribution >= 4 is 12.1 Å². The molecule has 0 aliphatic heterocycles. The Morgan fingerprint density at radius 2 is 1.76 bits per heavy atom. The number of carbonyl (C=O) groups is 2. The Labute approximate surface area is 200 Å². The Morgan fingerprint density at radius 3 is 2.36 bits per heavy atom. The first-order valence-corrected chi connectivity index (χ1v) is 12.0. The van der Waals surface area contributed by atoms with Gasteiger partial charge in [-0.05, 0) is 39.7 Å². The number of amides is 1. The Morgan fingerprint density at radius 1 is 1.09 bits per heavy atom. The molecule has 0 fully saturated rings. The smallest absolute Gasteiger partial charge is 0.408 e. The normalized spacial score (nSPS) is 15.5. The average Bonchev–Trinajstić information content (AvgIpc) is 2.73. The topological polar surface area (TPSA) is 73.9 Å². The van der Waals surface area contributed by atoms with E-state index in [4.69, 9.17) is 14.2 Å². The van der Waals surface area contributed by atoms with Crippen LogP contribution in [0.2, 0.25) is 0 Å². The van der Waals surface area contributed by atoms with Gasteiger partial charge in [0.1, 0.15) is 17.7 Å². The molecule has 0 aliphatic carbocycles. The van der Waals surface area contributed by atoms with E-state index in [-0.39, 0.29) is 17.9 Å². The largest absolute Gasteiger partial charge is 0.460 e. The maximum Gasteiger partial charge on any atom is 0.408 e. The van der Waals surface area contributed by atoms with Gasteiger partial charge in [-0.1, -0.05) is 76.1 Å². The molecule has 0 saturated carbocycles. The van der Waals surface area contributed by atoms with Crippen LogP contribution >= 0.6 is 0 Å². The molecule has 0 radical (unpaired) electrons. The number of nitrogens with one attached hydrogen (secondary N) is 1. The molecule has 1 aromatic rings. The number of hydrogen-bond acceptors (Lipinski definition) is 5. The van der Waals surface area contributed by atoms with Gasteiger partial charge in [-0.3, -0.25) is 0 Å². The summed E-state index contributed by atoms with van der Waals surface area (Å²) in [5, 5.41) is 2.56. The van der Waals surface area contributed by atoms with Crippen LogP contribution in [0.4, 0.5) is 4.79 Å². The second-order valence-electron chi connectivity index (χ2n) is 9.68. The van der Waals surface area contributed by atoms with Gasteiger partial charge in [-0.25, -0.2) is 9.59 Å². The lowest BCUT2D eigenvalue weighted by Gasteiger charge is -2.29. The quantitative estimate of drug-likeness (QED) is 0.220. The number of allylic oxidation sites excluding steroid dienone is 1. The predicted molar refractivity (Wildman–Crippen MR) is 132 cm³/mol. The summed E-state index contributed by atoms with van der Waals surface area (Å²) in [7, 11) is 0. The van der Waals surface area contributed by atoms with Crippen molar-refractivity contribution in [2.75, 3.05) is 6.61 Å². The van der Waals surface area contributed by atoms with Gasteiger partial charge in [0.2, 0.25) is 0 Å². The highest BCUT2D eigenvalue weighted by atomic mass is 16.6. The van der Waals surface area contributed by atoms with Crippen molar-refractivity contribution in [3.8, 4) is 0 Å². The third-order valence-corrected chi connectivity index (χ3v) is 5.07. The molecule has 4 atom stereocenters. The SMILES string of the molecule is CCCC/C=C\[C@H](C)[C@@H](OC(=O)[C@H](C)NC(=O)OC(C)(C)C)[C@@H](C)COCc1ccccc1. The van der Waals surface area contributed by atoms with Crippen LogP contribution < -0.4 is 5.32 Å². The molecule has 1 rings (SSSR count). The Kier molecular flexibility index (Phi) is 12.8. The van der Waals surface area contributed by atoms with Crippen molar-refractivity contribution in [2.45, 2.75) is 92.1 Å². The second-order valence-corrected chi connectivity index (χ2v) is 9.68. The molecule has 1 amide bonds. The van der Waals surface area contributed by atoms with Gasteiger partial charge in [-0.2, -0.15) is 0 Å². The summed E-state index contributed by atoms with van der Waals surface area (Å²) in [6, 6.07) is 9.15. The highest BCUT2D eigenvalue weighted by molar-refractivity contribution is 5.81. The Balaban J connectivity index is 2.75. The first-order valence-electron chi connectivity index (χ1n) is 12.0. The predicted octanol–water partition coefficient (Wildman–Crippen LogP) is 6.05. The number of hydrogen-bond donors (Lipinski definition) is 1. The summed E-state index contributed by atoms with van der Waals surface area (Å²) in [6.07, 6.45) is 6.48. The Bertz CT molecular complexity index is 726. The number of benzene rings is 1. The summed E-state index contributed by atoms with van der Waals surface area (Å²) in [5.74, 6) is -0.512. The van der Waals surface area contributed by atoms with Crippen LogP contribution in [0.3, 0.4) is 0 Å². The van der Waals surface area contributed by atoms with Gasteiger partial charge in [0.15, 0.2) is 0 Å². The fraction of sp³-hybridized carbons (Fsp3) is 0.630. The number of alkyl carbamates (subject to hydrolysis) is 1. The third-order valence-electron chi connectivity index (χ3n) is 5.07. The molecule has 0 saturated heterocycles. The zero-order valence-electron chi connectivity index (χ0n) is 21.4. The van der Waals surface area contributed by atoms with Crippen molar-refractivity contribution in [1.29, 1.82) is 0 Å². The molecule has 0 aliphatic rings. The Hall–Kier alpha value is -2.34. The molecule has 0 aromatic heterocycles. The number of esters is 1. The van der Waals surface area contributed by atoms with Gasteiger partial charge in [0.25, 0.3) is 0 Å². The minimum absolute atomic E-state index is 0.00913. The van der Waals surface area contributed by atoms with Crippen molar-refractivity contribution in [3.63, 3.8) is 0 Å². The standard InChI is InChI=1S/C27H43NO5/c1-8-9-10-12-15-20(2)24(21(3)18-31-19-23-16-13-11-14-17-23)32-25(29)22(4)28-26(30)33-27(5,6)7/h11-17,20-22,24H,8-10,18-19H2,1-7H3,(H,28,30)/b15-12-/t20-,21-,22-,24+/m0/s1. The lowest BCUT2D eigenvalue weighted by atomic mass is 9.93. The van der Waals surface area contributed by atoms with E-state index in [1.807, 2.05) is 44.2 Å². The minimum atomic E-state index is -0.823. The molecule has 6 heteroatoms. The van der Waals surface area contributed by atoms with Crippen LogP contribution in [0.5, 0.6) is 0 Å². The number of unbranched alkanes of at least 4 members (excludes halogenated alkanes) is 2. The van der Waals surface area contributed by atoms with Crippen molar-refractivity contribution in [3.05, 3.63) is 48.0 Å². The highest BCUT2D eigenvalue weighted by Gasteiger charge is 2.30. The van der Waals surface area contributed by atoms with E-state index in [1.165, 1.54) is 0 Å². The molecular weight excluding hydrogens is 418 g/mol. The van der Waals surface area contributed by atoms with Crippen LogP contribution in [0, 0.1) is 11.8 Å². The summed E-state index contributed by atoms with van der Waals surface area (Å²) in [6.45, 7) is 14.1. The van der Waals surface area contributed by atoms with E-state index < -0.39 is 23.7 Å². The van der Waals surface area contributed by atoms with Gasteiger partial charge < -0.3 is 19.5 Å². The maximum absolute atomic E-state index is 12.8. The molecule has 1 N–H and O–H groups in total. The lowest BCUT2D eigenvalue weighted by Crippen LogP contribution is -2.45. The van der Waals surface area contributed by atoms with E-state index in [1.54, 1.807) is 27.7 Å². The van der Waals surface area contributed by atoms with Gasteiger partial charge in [0, 0.05) is 11.8 Å². The zero-order valence-corrected chi connectivity index (χ0v) is 21.4.